The van der Waals surface area contributed by atoms with Gasteiger partial charge >= 0.3 is 0 Å². The molecule has 0 unspecified atom stereocenters. The number of hydrogen-bond acceptors (Lipinski definition) is 4. The minimum atomic E-state index is -0.461. The molecule has 2 aromatic rings. The molecule has 5 nitrogen and oxygen atoms in total. The van der Waals surface area contributed by atoms with Crippen LogP contribution in [0.15, 0.2) is 42.6 Å². The summed E-state index contributed by atoms with van der Waals surface area (Å²) in [7, 11) is 0. The molecule has 120 valence electrons. The number of carbonyl (C=O) groups is 2. The highest BCUT2D eigenvalue weighted by atomic mass is 16.2. The summed E-state index contributed by atoms with van der Waals surface area (Å²) < 4.78 is 0. The highest BCUT2D eigenvalue weighted by molar-refractivity contribution is 5.94. The first-order valence-corrected chi connectivity index (χ1v) is 7.41. The van der Waals surface area contributed by atoms with Gasteiger partial charge < -0.3 is 10.6 Å². The lowest BCUT2D eigenvalue weighted by atomic mass is 9.96. The fourth-order valence-electron chi connectivity index (χ4n) is 1.80. The highest BCUT2D eigenvalue weighted by Crippen LogP contribution is 2.19. The van der Waals surface area contributed by atoms with E-state index in [4.69, 9.17) is 0 Å². The second kappa shape index (κ2) is 6.60. The first-order chi connectivity index (χ1) is 10.8. The van der Waals surface area contributed by atoms with Crippen molar-refractivity contribution in [2.45, 2.75) is 27.7 Å². The van der Waals surface area contributed by atoms with Gasteiger partial charge in [-0.2, -0.15) is 0 Å². The van der Waals surface area contributed by atoms with E-state index in [0.717, 1.165) is 11.4 Å². The number of nitrogens with one attached hydrogen (secondary N) is 2. The van der Waals surface area contributed by atoms with E-state index in [9.17, 15) is 9.59 Å². The molecule has 23 heavy (non-hydrogen) atoms. The summed E-state index contributed by atoms with van der Waals surface area (Å²) >= 11 is 0. The molecule has 1 aromatic carbocycles. The van der Waals surface area contributed by atoms with E-state index >= 15 is 0 Å². The minimum Gasteiger partial charge on any atom is -0.354 e. The standard InChI is InChI=1S/C18H21N3O2/c1-12(22)13-5-7-14(8-6-13)20-15-9-10-16(19-11-15)21-17(23)18(2,3)4/h5-11,20H,1-4H3,(H,19,21,23). The van der Waals surface area contributed by atoms with Gasteiger partial charge in [0.15, 0.2) is 5.78 Å². The van der Waals surface area contributed by atoms with Crippen LogP contribution in [0.3, 0.4) is 0 Å². The number of Topliss-reactive ketones (excluding diaryl/α,β-unsaturated/α-hetero) is 1. The summed E-state index contributed by atoms with van der Waals surface area (Å²) in [6, 6.07) is 10.8. The predicted octanol–water partition coefficient (Wildman–Crippen LogP) is 4.01. The van der Waals surface area contributed by atoms with Crippen molar-refractivity contribution in [1.29, 1.82) is 0 Å². The van der Waals surface area contributed by atoms with Crippen molar-refractivity contribution in [2.24, 2.45) is 5.41 Å². The molecule has 1 heterocycles. The van der Waals surface area contributed by atoms with Crippen molar-refractivity contribution in [3.05, 3.63) is 48.2 Å². The Morgan fingerprint density at radius 1 is 0.957 bits per heavy atom. The molecule has 1 aromatic heterocycles. The van der Waals surface area contributed by atoms with Gasteiger partial charge in [-0.15, -0.1) is 0 Å². The second-order valence-electron chi connectivity index (χ2n) is 6.39. The molecular weight excluding hydrogens is 290 g/mol. The number of amides is 1. The van der Waals surface area contributed by atoms with E-state index in [1.165, 1.54) is 6.92 Å². The number of hydrogen-bond donors (Lipinski definition) is 2. The van der Waals surface area contributed by atoms with Crippen LogP contribution in [0.5, 0.6) is 0 Å². The third kappa shape index (κ3) is 4.64. The Hall–Kier alpha value is -2.69. The summed E-state index contributed by atoms with van der Waals surface area (Å²) in [5.74, 6) is 0.477. The fourth-order valence-corrected chi connectivity index (χ4v) is 1.80. The average molecular weight is 311 g/mol. The molecule has 0 radical (unpaired) electrons. The lowest BCUT2D eigenvalue weighted by Crippen LogP contribution is -2.27. The third-order valence-corrected chi connectivity index (χ3v) is 3.27. The van der Waals surface area contributed by atoms with Crippen LogP contribution in [-0.4, -0.2) is 16.7 Å². The Labute approximate surface area is 136 Å². The van der Waals surface area contributed by atoms with Crippen molar-refractivity contribution in [2.75, 3.05) is 10.6 Å². The van der Waals surface area contributed by atoms with E-state index in [2.05, 4.69) is 15.6 Å². The van der Waals surface area contributed by atoms with Gasteiger partial charge in [-0.05, 0) is 43.3 Å². The van der Waals surface area contributed by atoms with Gasteiger partial charge in [-0.1, -0.05) is 20.8 Å². The molecule has 0 atom stereocenters. The monoisotopic (exact) mass is 311 g/mol. The predicted molar refractivity (Wildman–Crippen MR) is 92.1 cm³/mol. The summed E-state index contributed by atoms with van der Waals surface area (Å²) in [6.45, 7) is 7.09. The van der Waals surface area contributed by atoms with Crippen molar-refractivity contribution < 1.29 is 9.59 Å². The molecule has 2 N–H and O–H groups in total. The van der Waals surface area contributed by atoms with E-state index in [0.29, 0.717) is 11.4 Å². The molecule has 2 rings (SSSR count). The first kappa shape index (κ1) is 16.7. The second-order valence-corrected chi connectivity index (χ2v) is 6.39. The number of nitrogens with zero attached hydrogens (tertiary/aromatic N) is 1. The Bertz CT molecular complexity index is 699. The smallest absolute Gasteiger partial charge is 0.230 e. The zero-order valence-electron chi connectivity index (χ0n) is 13.8. The number of benzene rings is 1. The largest absolute Gasteiger partial charge is 0.354 e. The Kier molecular flexibility index (Phi) is 4.79. The number of rotatable bonds is 4. The molecule has 1 amide bonds. The van der Waals surface area contributed by atoms with E-state index < -0.39 is 5.41 Å². The molecule has 0 aliphatic rings. The number of carbonyl (C=O) groups excluding carboxylic acids is 2. The molecule has 0 fully saturated rings. The van der Waals surface area contributed by atoms with Crippen molar-refractivity contribution in [3.8, 4) is 0 Å². The quantitative estimate of drug-likeness (QED) is 0.837. The maximum atomic E-state index is 11.9. The highest BCUT2D eigenvalue weighted by Gasteiger charge is 2.21. The van der Waals surface area contributed by atoms with Gasteiger partial charge in [0.05, 0.1) is 11.9 Å². The molecule has 0 spiro atoms. The lowest BCUT2D eigenvalue weighted by Gasteiger charge is -2.17. The van der Waals surface area contributed by atoms with Crippen LogP contribution in [0.4, 0.5) is 17.2 Å². The average Bonchev–Trinajstić information content (AvgIpc) is 2.49. The Morgan fingerprint density at radius 2 is 1.57 bits per heavy atom. The molecule has 5 heteroatoms. The lowest BCUT2D eigenvalue weighted by molar-refractivity contribution is -0.123. The summed E-state index contributed by atoms with van der Waals surface area (Å²) in [5.41, 5.74) is 1.88. The molecule has 0 saturated carbocycles. The van der Waals surface area contributed by atoms with Crippen molar-refractivity contribution in [1.82, 2.24) is 4.98 Å². The van der Waals surface area contributed by atoms with Crippen LogP contribution in [0, 0.1) is 5.41 Å². The zero-order valence-corrected chi connectivity index (χ0v) is 13.8. The third-order valence-electron chi connectivity index (χ3n) is 3.27. The van der Waals surface area contributed by atoms with Crippen LogP contribution in [0.25, 0.3) is 0 Å². The first-order valence-electron chi connectivity index (χ1n) is 7.41. The maximum Gasteiger partial charge on any atom is 0.230 e. The van der Waals surface area contributed by atoms with Crippen LogP contribution < -0.4 is 10.6 Å². The molecule has 0 saturated heterocycles. The van der Waals surface area contributed by atoms with Gasteiger partial charge in [-0.3, -0.25) is 9.59 Å². The van der Waals surface area contributed by atoms with Crippen LogP contribution in [0.2, 0.25) is 0 Å². The maximum absolute atomic E-state index is 11.9. The molecule has 0 bridgehead atoms. The number of aromatic nitrogens is 1. The number of pyridine rings is 1. The van der Waals surface area contributed by atoms with E-state index in [1.807, 2.05) is 39.0 Å². The van der Waals surface area contributed by atoms with Gasteiger partial charge in [0.25, 0.3) is 0 Å². The Morgan fingerprint density at radius 3 is 2.04 bits per heavy atom. The van der Waals surface area contributed by atoms with Gasteiger partial charge in [0.2, 0.25) is 5.91 Å². The number of ketones is 1. The zero-order chi connectivity index (χ0) is 17.0. The SMILES string of the molecule is CC(=O)c1ccc(Nc2ccc(NC(=O)C(C)(C)C)nc2)cc1. The van der Waals surface area contributed by atoms with Gasteiger partial charge in [0.1, 0.15) is 5.82 Å². The van der Waals surface area contributed by atoms with Gasteiger partial charge in [-0.25, -0.2) is 4.98 Å². The van der Waals surface area contributed by atoms with Crippen LogP contribution in [0.1, 0.15) is 38.1 Å². The summed E-state index contributed by atoms with van der Waals surface area (Å²) in [5, 5.41) is 5.97. The summed E-state index contributed by atoms with van der Waals surface area (Å²) in [4.78, 5) is 27.4. The molecular formula is C18H21N3O2. The molecule has 0 aliphatic carbocycles. The van der Waals surface area contributed by atoms with E-state index in [-0.39, 0.29) is 11.7 Å². The Balaban J connectivity index is 2.02. The summed E-state index contributed by atoms with van der Waals surface area (Å²) in [6.07, 6.45) is 1.65. The van der Waals surface area contributed by atoms with Crippen molar-refractivity contribution >= 4 is 28.9 Å². The molecule has 0 aliphatic heterocycles. The fraction of sp³-hybridized carbons (Fsp3) is 0.278. The van der Waals surface area contributed by atoms with Gasteiger partial charge in [0, 0.05) is 16.7 Å². The normalized spacial score (nSPS) is 11.0. The number of anilines is 3. The van der Waals surface area contributed by atoms with E-state index in [1.54, 1.807) is 24.4 Å². The van der Waals surface area contributed by atoms with Crippen LogP contribution in [-0.2, 0) is 4.79 Å². The minimum absolute atomic E-state index is 0.0390. The van der Waals surface area contributed by atoms with Crippen molar-refractivity contribution in [3.63, 3.8) is 0 Å². The topological polar surface area (TPSA) is 71.1 Å². The van der Waals surface area contributed by atoms with Crippen LogP contribution >= 0.6 is 0 Å².